The van der Waals surface area contributed by atoms with Crippen LogP contribution >= 0.6 is 11.8 Å². The average molecular weight is 336 g/mol. The Morgan fingerprint density at radius 3 is 2.57 bits per heavy atom. The Bertz CT molecular complexity index is 609. The minimum Gasteiger partial charge on any atom is -0.494 e. The van der Waals surface area contributed by atoms with Gasteiger partial charge in [0.25, 0.3) is 0 Å². The number of nitriles is 1. The van der Waals surface area contributed by atoms with Gasteiger partial charge in [-0.1, -0.05) is 11.8 Å². The highest BCUT2D eigenvalue weighted by atomic mass is 32.2. The van der Waals surface area contributed by atoms with Crippen molar-refractivity contribution < 1.29 is 14.2 Å². The number of thioether (sulfide) groups is 1. The summed E-state index contributed by atoms with van der Waals surface area (Å²) in [5.41, 5.74) is 1.55. The van der Waals surface area contributed by atoms with Crippen molar-refractivity contribution in [3.63, 3.8) is 0 Å². The molecule has 0 spiro atoms. The summed E-state index contributed by atoms with van der Waals surface area (Å²) in [5, 5.41) is 11.8. The van der Waals surface area contributed by atoms with Crippen LogP contribution in [0.1, 0.15) is 0 Å². The highest BCUT2D eigenvalue weighted by Gasteiger charge is 2.19. The van der Waals surface area contributed by atoms with Gasteiger partial charge in [-0.3, -0.25) is 5.32 Å². The van der Waals surface area contributed by atoms with E-state index in [1.165, 1.54) is 11.8 Å². The minimum atomic E-state index is 0.493. The Kier molecular flexibility index (Phi) is 6.38. The van der Waals surface area contributed by atoms with Crippen LogP contribution in [0.2, 0.25) is 0 Å². The number of rotatable bonds is 4. The smallest absolute Gasteiger partial charge is 0.183 e. The molecule has 1 saturated heterocycles. The normalized spacial score (nSPS) is 15.0. The minimum absolute atomic E-state index is 0.493. The molecule has 1 heterocycles. The van der Waals surface area contributed by atoms with Gasteiger partial charge in [-0.15, -0.1) is 0 Å². The van der Waals surface area contributed by atoms with E-state index in [1.807, 2.05) is 24.6 Å². The zero-order valence-electron chi connectivity index (χ0n) is 13.5. The summed E-state index contributed by atoms with van der Waals surface area (Å²) in [6, 6.07) is 3.73. The first-order valence-electron chi connectivity index (χ1n) is 7.10. The van der Waals surface area contributed by atoms with Gasteiger partial charge in [0.1, 0.15) is 17.2 Å². The lowest BCUT2D eigenvalue weighted by Gasteiger charge is -2.30. The van der Waals surface area contributed by atoms with E-state index in [2.05, 4.69) is 15.2 Å². The molecule has 1 aliphatic rings. The van der Waals surface area contributed by atoms with Crippen LogP contribution in [-0.2, 0) is 4.74 Å². The Morgan fingerprint density at radius 2 is 2.00 bits per heavy atom. The number of morpholine rings is 1. The third kappa shape index (κ3) is 4.21. The van der Waals surface area contributed by atoms with Crippen molar-refractivity contribution in [3.8, 4) is 17.7 Å². The van der Waals surface area contributed by atoms with E-state index in [0.717, 1.165) is 18.8 Å². The molecule has 1 fully saturated rings. The monoisotopic (exact) mass is 336 g/mol. The highest BCUT2D eigenvalue weighted by molar-refractivity contribution is 8.13. The van der Waals surface area contributed by atoms with Gasteiger partial charge in [0, 0.05) is 25.2 Å². The summed E-state index contributed by atoms with van der Waals surface area (Å²) in [5.74, 6) is 1.34. The first kappa shape index (κ1) is 17.2. The van der Waals surface area contributed by atoms with Crippen LogP contribution in [0.5, 0.6) is 11.5 Å². The number of benzene rings is 1. The molecule has 0 saturated carbocycles. The van der Waals surface area contributed by atoms with Gasteiger partial charge >= 0.3 is 0 Å². The molecule has 1 N–H and O–H groups in total. The molecule has 0 aliphatic carbocycles. The van der Waals surface area contributed by atoms with Gasteiger partial charge in [0.15, 0.2) is 11.4 Å². The number of aliphatic imine (C=N–C) groups is 1. The summed E-state index contributed by atoms with van der Waals surface area (Å²) in [4.78, 5) is 6.63. The molecule has 1 aromatic carbocycles. The van der Waals surface area contributed by atoms with Gasteiger partial charge in [-0.05, 0) is 6.26 Å². The second-order valence-corrected chi connectivity index (χ2v) is 5.45. The Balaban J connectivity index is 2.42. The fourth-order valence-corrected chi connectivity index (χ4v) is 2.62. The molecule has 0 radical (unpaired) electrons. The molecule has 0 unspecified atom stereocenters. The van der Waals surface area contributed by atoms with Crippen molar-refractivity contribution in [2.75, 3.05) is 51.7 Å². The van der Waals surface area contributed by atoms with Crippen molar-refractivity contribution in [2.24, 2.45) is 4.99 Å². The Labute approximate surface area is 140 Å². The van der Waals surface area contributed by atoms with Crippen LogP contribution in [0.15, 0.2) is 17.1 Å². The predicted molar refractivity (Wildman–Crippen MR) is 91.9 cm³/mol. The second-order valence-electron chi connectivity index (χ2n) is 4.65. The molecule has 0 atom stereocenters. The number of methoxy groups -OCH3 is 2. The fraction of sp³-hybridized carbons (Fsp3) is 0.467. The highest BCUT2D eigenvalue weighted by Crippen LogP contribution is 2.40. The van der Waals surface area contributed by atoms with E-state index in [9.17, 15) is 0 Å². The summed E-state index contributed by atoms with van der Waals surface area (Å²) >= 11 is 1.35. The van der Waals surface area contributed by atoms with E-state index in [0.29, 0.717) is 35.6 Å². The molecule has 8 heteroatoms. The topological polar surface area (TPSA) is 79.1 Å². The lowest BCUT2D eigenvalue weighted by atomic mass is 10.2. The van der Waals surface area contributed by atoms with E-state index in [1.54, 1.807) is 14.2 Å². The van der Waals surface area contributed by atoms with Crippen molar-refractivity contribution >= 4 is 28.3 Å². The number of ether oxygens (including phenoxy) is 3. The maximum Gasteiger partial charge on any atom is 0.183 e. The molecule has 2 rings (SSSR count). The fourth-order valence-electron chi connectivity index (χ4n) is 2.29. The summed E-state index contributed by atoms with van der Waals surface area (Å²) in [6.45, 7) is 2.98. The van der Waals surface area contributed by atoms with Crippen LogP contribution in [0.25, 0.3) is 0 Å². The van der Waals surface area contributed by atoms with Crippen molar-refractivity contribution in [3.05, 3.63) is 12.1 Å². The van der Waals surface area contributed by atoms with Crippen LogP contribution in [0, 0.1) is 11.5 Å². The molecule has 1 aromatic rings. The summed E-state index contributed by atoms with van der Waals surface area (Å²) < 4.78 is 16.4. The maximum atomic E-state index is 8.76. The van der Waals surface area contributed by atoms with Gasteiger partial charge in [-0.2, -0.15) is 5.26 Å². The third-order valence-electron chi connectivity index (χ3n) is 3.41. The SMILES string of the molecule is COc1cc(N2CCOCC2)c(OC)cc1N=C(NC#N)SC. The van der Waals surface area contributed by atoms with Gasteiger partial charge in [-0.25, -0.2) is 4.99 Å². The number of hydrogen-bond donors (Lipinski definition) is 1. The lowest BCUT2D eigenvalue weighted by molar-refractivity contribution is 0.122. The quantitative estimate of drug-likeness (QED) is 0.390. The molecular weight excluding hydrogens is 316 g/mol. The van der Waals surface area contributed by atoms with Gasteiger partial charge in [0.2, 0.25) is 0 Å². The molecule has 0 bridgehead atoms. The Morgan fingerprint density at radius 1 is 1.30 bits per heavy atom. The zero-order valence-corrected chi connectivity index (χ0v) is 14.3. The average Bonchev–Trinajstić information content (AvgIpc) is 2.61. The maximum absolute atomic E-state index is 8.76. The van der Waals surface area contributed by atoms with Crippen molar-refractivity contribution in [1.82, 2.24) is 5.32 Å². The second kappa shape index (κ2) is 8.50. The molecule has 7 nitrogen and oxygen atoms in total. The molecule has 1 aliphatic heterocycles. The van der Waals surface area contributed by atoms with Crippen LogP contribution in [-0.4, -0.2) is 51.9 Å². The molecular formula is C15H20N4O3S. The van der Waals surface area contributed by atoms with Gasteiger partial charge < -0.3 is 19.1 Å². The number of amidine groups is 1. The van der Waals surface area contributed by atoms with E-state index in [4.69, 9.17) is 19.5 Å². The Hall–Kier alpha value is -2.11. The van der Waals surface area contributed by atoms with Crippen LogP contribution in [0.4, 0.5) is 11.4 Å². The van der Waals surface area contributed by atoms with Crippen molar-refractivity contribution in [2.45, 2.75) is 0 Å². The number of hydrogen-bond acceptors (Lipinski definition) is 7. The van der Waals surface area contributed by atoms with E-state index < -0.39 is 0 Å². The number of anilines is 1. The third-order valence-corrected chi connectivity index (χ3v) is 3.99. The molecule has 0 aromatic heterocycles. The molecule has 124 valence electrons. The first-order valence-corrected chi connectivity index (χ1v) is 8.32. The molecule has 0 amide bonds. The van der Waals surface area contributed by atoms with E-state index in [-0.39, 0.29) is 0 Å². The summed E-state index contributed by atoms with van der Waals surface area (Å²) in [6.07, 6.45) is 3.71. The van der Waals surface area contributed by atoms with Crippen molar-refractivity contribution in [1.29, 1.82) is 5.26 Å². The number of nitrogens with zero attached hydrogens (tertiary/aromatic N) is 3. The predicted octanol–water partition coefficient (Wildman–Crippen LogP) is 1.96. The zero-order chi connectivity index (χ0) is 16.7. The largest absolute Gasteiger partial charge is 0.494 e. The lowest BCUT2D eigenvalue weighted by Crippen LogP contribution is -2.36. The first-order chi connectivity index (χ1) is 11.2. The molecule has 23 heavy (non-hydrogen) atoms. The van der Waals surface area contributed by atoms with E-state index >= 15 is 0 Å². The standard InChI is InChI=1S/C15H20N4O3S/c1-20-13-9-12(19-4-6-22-7-5-19)14(21-2)8-11(13)18-15(23-3)17-10-16/h8-9H,4-7H2,1-3H3,(H,17,18). The van der Waals surface area contributed by atoms with Gasteiger partial charge in [0.05, 0.1) is 33.1 Å². The van der Waals surface area contributed by atoms with Crippen LogP contribution in [0.3, 0.4) is 0 Å². The summed E-state index contributed by atoms with van der Waals surface area (Å²) in [7, 11) is 3.22. The van der Waals surface area contributed by atoms with Crippen LogP contribution < -0.4 is 19.7 Å². The number of nitrogens with one attached hydrogen (secondary N) is 1.